The van der Waals surface area contributed by atoms with Gasteiger partial charge in [0.25, 0.3) is 0 Å². The largest absolute Gasteiger partial charge is 0.493 e. The molecule has 1 aromatic heterocycles. The van der Waals surface area contributed by atoms with Crippen LogP contribution in [0.3, 0.4) is 0 Å². The van der Waals surface area contributed by atoms with Crippen LogP contribution in [0.2, 0.25) is 0 Å². The van der Waals surface area contributed by atoms with Gasteiger partial charge in [0.05, 0.1) is 34.1 Å². The molecule has 0 saturated heterocycles. The van der Waals surface area contributed by atoms with Gasteiger partial charge >= 0.3 is 0 Å². The number of anilines is 1. The average Bonchev–Trinajstić information content (AvgIpc) is 3.25. The number of fused-ring (bicyclic) bond motifs is 4. The molecule has 27 heavy (non-hydrogen) atoms. The molecule has 5 nitrogen and oxygen atoms in total. The van der Waals surface area contributed by atoms with E-state index in [9.17, 15) is 5.26 Å². The van der Waals surface area contributed by atoms with Gasteiger partial charge in [-0.25, -0.2) is 0 Å². The Kier molecular flexibility index (Phi) is 3.91. The Balaban J connectivity index is 1.64. The van der Waals surface area contributed by atoms with Crippen LogP contribution in [0.5, 0.6) is 5.75 Å². The van der Waals surface area contributed by atoms with Crippen LogP contribution in [0, 0.1) is 11.3 Å². The molecule has 0 radical (unpaired) electrons. The predicted octanol–water partition coefficient (Wildman–Crippen LogP) is 4.49. The predicted molar refractivity (Wildman–Crippen MR) is 107 cm³/mol. The highest BCUT2D eigenvalue weighted by molar-refractivity contribution is 9.10. The molecule has 0 fully saturated rings. The summed E-state index contributed by atoms with van der Waals surface area (Å²) in [6.45, 7) is 3.08. The molecule has 0 atom stereocenters. The molecule has 0 bridgehead atoms. The van der Waals surface area contributed by atoms with E-state index in [1.54, 1.807) is 6.20 Å². The van der Waals surface area contributed by atoms with Crippen molar-refractivity contribution in [3.05, 3.63) is 63.8 Å². The molecule has 0 saturated carbocycles. The summed E-state index contributed by atoms with van der Waals surface area (Å²) in [4.78, 5) is 2.29. The minimum absolute atomic E-state index is 0.610. The third-order valence-corrected chi connectivity index (χ3v) is 5.80. The lowest BCUT2D eigenvalue weighted by Gasteiger charge is -2.23. The monoisotopic (exact) mass is 420 g/mol. The number of hydrogen-bond acceptors (Lipinski definition) is 4. The van der Waals surface area contributed by atoms with Crippen LogP contribution in [0.15, 0.2) is 47.1 Å². The second-order valence-electron chi connectivity index (χ2n) is 6.87. The highest BCUT2D eigenvalue weighted by Gasteiger charge is 2.26. The van der Waals surface area contributed by atoms with Crippen molar-refractivity contribution in [3.63, 3.8) is 0 Å². The van der Waals surface area contributed by atoms with Crippen molar-refractivity contribution >= 4 is 21.6 Å². The van der Waals surface area contributed by atoms with Gasteiger partial charge in [-0.2, -0.15) is 10.4 Å². The van der Waals surface area contributed by atoms with E-state index in [1.807, 2.05) is 10.7 Å². The van der Waals surface area contributed by atoms with Gasteiger partial charge in [0.1, 0.15) is 11.8 Å². The maximum absolute atomic E-state index is 9.88. The number of aryl methyl sites for hydroxylation is 1. The molecule has 0 unspecified atom stereocenters. The summed E-state index contributed by atoms with van der Waals surface area (Å²) < 4.78 is 8.93. The van der Waals surface area contributed by atoms with Crippen LogP contribution in [-0.4, -0.2) is 16.4 Å². The summed E-state index contributed by atoms with van der Waals surface area (Å²) in [7, 11) is 0. The summed E-state index contributed by atoms with van der Waals surface area (Å²) in [5.41, 5.74) is 6.04. The third-order valence-electron chi connectivity index (χ3n) is 5.22. The summed E-state index contributed by atoms with van der Waals surface area (Å²) in [5.74, 6) is 0.752. The van der Waals surface area contributed by atoms with Crippen molar-refractivity contribution in [2.24, 2.45) is 0 Å². The summed E-state index contributed by atoms with van der Waals surface area (Å²) in [6.07, 6.45) is 2.67. The lowest BCUT2D eigenvalue weighted by molar-refractivity contribution is 0.295. The zero-order valence-corrected chi connectivity index (χ0v) is 16.2. The quantitative estimate of drug-likeness (QED) is 0.581. The molecule has 3 aromatic rings. The van der Waals surface area contributed by atoms with Gasteiger partial charge in [0, 0.05) is 37.8 Å². The first-order valence-electron chi connectivity index (χ1n) is 8.99. The van der Waals surface area contributed by atoms with Crippen LogP contribution >= 0.6 is 15.9 Å². The van der Waals surface area contributed by atoms with Crippen LogP contribution < -0.4 is 9.64 Å². The van der Waals surface area contributed by atoms with E-state index in [1.165, 1.54) is 11.1 Å². The van der Waals surface area contributed by atoms with Crippen LogP contribution in [0.1, 0.15) is 23.1 Å². The number of benzene rings is 2. The molecule has 2 aliphatic heterocycles. The van der Waals surface area contributed by atoms with Gasteiger partial charge in [0.15, 0.2) is 0 Å². The van der Waals surface area contributed by atoms with Crippen molar-refractivity contribution < 1.29 is 4.74 Å². The van der Waals surface area contributed by atoms with Crippen LogP contribution in [-0.2, 0) is 19.6 Å². The second kappa shape index (κ2) is 6.43. The topological polar surface area (TPSA) is 54.1 Å². The van der Waals surface area contributed by atoms with Crippen LogP contribution in [0.4, 0.5) is 5.69 Å². The Morgan fingerprint density at radius 1 is 1.15 bits per heavy atom. The Labute approximate surface area is 165 Å². The second-order valence-corrected chi connectivity index (χ2v) is 7.72. The van der Waals surface area contributed by atoms with E-state index >= 15 is 0 Å². The minimum Gasteiger partial charge on any atom is -0.493 e. The zero-order chi connectivity index (χ0) is 18.4. The summed E-state index contributed by atoms with van der Waals surface area (Å²) >= 11 is 3.59. The fourth-order valence-electron chi connectivity index (χ4n) is 3.92. The number of ether oxygens (including phenoxy) is 1. The third kappa shape index (κ3) is 2.70. The van der Waals surface area contributed by atoms with Crippen molar-refractivity contribution in [2.75, 3.05) is 11.5 Å². The molecule has 3 heterocycles. The molecule has 0 aliphatic carbocycles. The minimum atomic E-state index is 0.610. The molecule has 2 aliphatic rings. The van der Waals surface area contributed by atoms with E-state index < -0.39 is 0 Å². The Morgan fingerprint density at radius 3 is 2.67 bits per heavy atom. The maximum atomic E-state index is 9.88. The molecular weight excluding hydrogens is 404 g/mol. The Hall–Kier alpha value is -2.78. The molecule has 0 spiro atoms. The lowest BCUT2D eigenvalue weighted by Crippen LogP contribution is -2.16. The first-order valence-corrected chi connectivity index (χ1v) is 9.78. The summed E-state index contributed by atoms with van der Waals surface area (Å²) in [6, 6.07) is 14.9. The SMILES string of the molecule is N#Cc1cc(N2Cc3ccccc3C2)cc2c1-c1c(Br)cnn1CCCO2. The number of halogens is 1. The highest BCUT2D eigenvalue weighted by atomic mass is 79.9. The number of rotatable bonds is 1. The van der Waals surface area contributed by atoms with Gasteiger partial charge in [-0.1, -0.05) is 24.3 Å². The summed E-state index contributed by atoms with van der Waals surface area (Å²) in [5, 5.41) is 14.3. The molecule has 0 N–H and O–H groups in total. The number of hydrogen-bond donors (Lipinski definition) is 0. The molecule has 134 valence electrons. The highest BCUT2D eigenvalue weighted by Crippen LogP contribution is 2.42. The molecular formula is C21H17BrN4O. The number of aromatic nitrogens is 2. The Morgan fingerprint density at radius 2 is 1.93 bits per heavy atom. The van der Waals surface area contributed by atoms with Crippen molar-refractivity contribution in [1.29, 1.82) is 5.26 Å². The number of nitriles is 1. The molecule has 2 aromatic carbocycles. The van der Waals surface area contributed by atoms with Gasteiger partial charge in [-0.15, -0.1) is 0 Å². The van der Waals surface area contributed by atoms with E-state index in [0.717, 1.165) is 53.2 Å². The van der Waals surface area contributed by atoms with E-state index in [4.69, 9.17) is 4.74 Å². The fraction of sp³-hybridized carbons (Fsp3) is 0.238. The van der Waals surface area contributed by atoms with Crippen LogP contribution in [0.25, 0.3) is 11.3 Å². The first-order chi connectivity index (χ1) is 13.2. The standard InChI is InChI=1S/C21H17BrN4O/c22-18-11-24-26-6-3-7-27-19-9-17(8-16(10-23)20(19)21(18)26)25-12-14-4-1-2-5-15(14)13-25/h1-2,4-5,8-9,11H,3,6-7,12-13H2. The maximum Gasteiger partial charge on any atom is 0.132 e. The van der Waals surface area contributed by atoms with E-state index in [0.29, 0.717) is 12.2 Å². The van der Waals surface area contributed by atoms with Gasteiger partial charge < -0.3 is 9.64 Å². The van der Waals surface area contributed by atoms with Gasteiger partial charge in [-0.3, -0.25) is 4.68 Å². The van der Waals surface area contributed by atoms with E-state index in [2.05, 4.69) is 62.3 Å². The molecule has 0 amide bonds. The first kappa shape index (κ1) is 16.4. The molecule has 5 rings (SSSR count). The van der Waals surface area contributed by atoms with Crippen molar-refractivity contribution in [3.8, 4) is 23.1 Å². The fourth-order valence-corrected chi connectivity index (χ4v) is 4.42. The van der Waals surface area contributed by atoms with Gasteiger partial charge in [-0.05, 0) is 33.1 Å². The normalized spacial score (nSPS) is 15.0. The molecule has 6 heteroatoms. The van der Waals surface area contributed by atoms with Gasteiger partial charge in [0.2, 0.25) is 0 Å². The average molecular weight is 421 g/mol. The number of nitrogens with zero attached hydrogens (tertiary/aromatic N) is 4. The smallest absolute Gasteiger partial charge is 0.132 e. The lowest BCUT2D eigenvalue weighted by atomic mass is 10.0. The van der Waals surface area contributed by atoms with E-state index in [-0.39, 0.29) is 0 Å². The van der Waals surface area contributed by atoms with Crippen molar-refractivity contribution in [1.82, 2.24) is 9.78 Å². The zero-order valence-electron chi connectivity index (χ0n) is 14.7. The van der Waals surface area contributed by atoms with Crippen molar-refractivity contribution in [2.45, 2.75) is 26.1 Å². The Bertz CT molecular complexity index is 1060.